The Morgan fingerprint density at radius 1 is 1.18 bits per heavy atom. The first-order valence-corrected chi connectivity index (χ1v) is 12.1. The zero-order valence-corrected chi connectivity index (χ0v) is 20.0. The molecule has 0 radical (unpaired) electrons. The number of carbonyl (C=O) groups excluding carboxylic acids is 3. The van der Waals surface area contributed by atoms with Crippen molar-refractivity contribution in [3.05, 3.63) is 51.9 Å². The van der Waals surface area contributed by atoms with Crippen LogP contribution in [-0.2, 0) is 20.1 Å². The number of ether oxygens (including phenoxy) is 1. The molecule has 0 fully saturated rings. The smallest absolute Gasteiger partial charge is 0.321 e. The van der Waals surface area contributed by atoms with Crippen molar-refractivity contribution < 1.29 is 19.1 Å². The average Bonchev–Trinajstić information content (AvgIpc) is 3.16. The van der Waals surface area contributed by atoms with Gasteiger partial charge in [-0.05, 0) is 26.3 Å². The second kappa shape index (κ2) is 10.6. The third kappa shape index (κ3) is 7.16. The summed E-state index contributed by atoms with van der Waals surface area (Å²) in [5, 5.41) is 7.11. The number of benzene rings is 1. The fraction of sp³-hybridized carbons (Fsp3) is 0.318. The molecular weight excluding hydrogens is 464 g/mol. The van der Waals surface area contributed by atoms with Crippen LogP contribution >= 0.6 is 23.1 Å². The highest BCUT2D eigenvalue weighted by atomic mass is 32.2. The Kier molecular flexibility index (Phi) is 7.88. The van der Waals surface area contributed by atoms with E-state index < -0.39 is 30.1 Å². The van der Waals surface area contributed by atoms with E-state index in [-0.39, 0.29) is 11.3 Å². The maximum absolute atomic E-state index is 12.6. The van der Waals surface area contributed by atoms with Crippen LogP contribution in [0.3, 0.4) is 0 Å². The van der Waals surface area contributed by atoms with Gasteiger partial charge in [-0.3, -0.25) is 19.7 Å². The van der Waals surface area contributed by atoms with E-state index in [1.807, 2.05) is 35.7 Å². The van der Waals surface area contributed by atoms with Crippen molar-refractivity contribution in [1.82, 2.24) is 20.6 Å². The van der Waals surface area contributed by atoms with Crippen molar-refractivity contribution >= 4 is 51.2 Å². The quantitative estimate of drug-likeness (QED) is 0.436. The van der Waals surface area contributed by atoms with E-state index in [0.29, 0.717) is 21.8 Å². The van der Waals surface area contributed by atoms with E-state index in [1.165, 1.54) is 23.1 Å². The van der Waals surface area contributed by atoms with Crippen molar-refractivity contribution in [3.63, 3.8) is 0 Å². The van der Waals surface area contributed by atoms with Crippen LogP contribution in [-0.4, -0.2) is 45.8 Å². The number of hydrogen-bond acceptors (Lipinski definition) is 8. The predicted molar refractivity (Wildman–Crippen MR) is 129 cm³/mol. The van der Waals surface area contributed by atoms with Crippen LogP contribution in [0.25, 0.3) is 21.3 Å². The van der Waals surface area contributed by atoms with E-state index in [1.54, 1.807) is 20.8 Å². The lowest BCUT2D eigenvalue weighted by atomic mass is 10.1. The van der Waals surface area contributed by atoms with Gasteiger partial charge in [0.1, 0.15) is 10.7 Å². The number of hydrogen-bond donors (Lipinski definition) is 3. The number of esters is 1. The van der Waals surface area contributed by atoms with Crippen molar-refractivity contribution in [2.24, 2.45) is 0 Å². The SMILES string of the molecule is CC(C)(C)NC(=O)NC(=O)COC(=O)CSCc1nc2scc(-c3ccccc3)c2c(=O)[nH]1. The molecule has 0 spiro atoms. The van der Waals surface area contributed by atoms with Gasteiger partial charge < -0.3 is 15.0 Å². The number of amides is 3. The van der Waals surface area contributed by atoms with Gasteiger partial charge in [-0.1, -0.05) is 30.3 Å². The van der Waals surface area contributed by atoms with Gasteiger partial charge in [0.2, 0.25) is 0 Å². The molecule has 33 heavy (non-hydrogen) atoms. The normalized spacial score (nSPS) is 11.2. The summed E-state index contributed by atoms with van der Waals surface area (Å²) in [5.74, 6) is -0.638. The number of aromatic amines is 1. The Morgan fingerprint density at radius 3 is 2.61 bits per heavy atom. The molecule has 174 valence electrons. The average molecular weight is 489 g/mol. The van der Waals surface area contributed by atoms with Gasteiger partial charge in [-0.2, -0.15) is 0 Å². The molecule has 3 N–H and O–H groups in total. The van der Waals surface area contributed by atoms with Crippen LogP contribution in [0, 0.1) is 0 Å². The topological polar surface area (TPSA) is 130 Å². The van der Waals surface area contributed by atoms with Crippen LogP contribution in [0.5, 0.6) is 0 Å². The molecule has 0 atom stereocenters. The number of nitrogens with one attached hydrogen (secondary N) is 3. The number of aromatic nitrogens is 2. The molecule has 3 rings (SSSR count). The van der Waals surface area contributed by atoms with Crippen LogP contribution in [0.15, 0.2) is 40.5 Å². The molecule has 0 saturated heterocycles. The van der Waals surface area contributed by atoms with Gasteiger partial charge in [0.05, 0.1) is 16.9 Å². The third-order valence-corrected chi connectivity index (χ3v) is 5.93. The first kappa shape index (κ1) is 24.5. The van der Waals surface area contributed by atoms with Gasteiger partial charge in [-0.25, -0.2) is 9.78 Å². The molecule has 3 amide bonds. The number of thiophene rings is 1. The maximum atomic E-state index is 12.6. The van der Waals surface area contributed by atoms with E-state index in [0.717, 1.165) is 11.1 Å². The third-order valence-electron chi connectivity index (χ3n) is 4.14. The summed E-state index contributed by atoms with van der Waals surface area (Å²) in [6, 6.07) is 8.95. The number of nitrogens with zero attached hydrogens (tertiary/aromatic N) is 1. The summed E-state index contributed by atoms with van der Waals surface area (Å²) in [6.45, 7) is 4.76. The van der Waals surface area contributed by atoms with Crippen molar-refractivity contribution in [1.29, 1.82) is 0 Å². The maximum Gasteiger partial charge on any atom is 0.321 e. The van der Waals surface area contributed by atoms with Gasteiger partial charge in [0.25, 0.3) is 11.5 Å². The summed E-state index contributed by atoms with van der Waals surface area (Å²) in [7, 11) is 0. The predicted octanol–water partition coefficient (Wildman–Crippen LogP) is 3.05. The zero-order chi connectivity index (χ0) is 24.0. The Labute approximate surface area is 198 Å². The highest BCUT2D eigenvalue weighted by molar-refractivity contribution is 7.99. The fourth-order valence-electron chi connectivity index (χ4n) is 2.85. The number of imide groups is 1. The lowest BCUT2D eigenvalue weighted by Gasteiger charge is -2.20. The van der Waals surface area contributed by atoms with Crippen LogP contribution in [0.4, 0.5) is 4.79 Å². The van der Waals surface area contributed by atoms with Gasteiger partial charge in [0.15, 0.2) is 6.61 Å². The molecule has 1 aromatic carbocycles. The monoisotopic (exact) mass is 488 g/mol. The number of fused-ring (bicyclic) bond motifs is 1. The number of thioether (sulfide) groups is 1. The van der Waals surface area contributed by atoms with E-state index >= 15 is 0 Å². The molecule has 0 aliphatic heterocycles. The molecular formula is C22H24N4O5S2. The second-order valence-corrected chi connectivity index (χ2v) is 9.96. The van der Waals surface area contributed by atoms with Crippen LogP contribution < -0.4 is 16.2 Å². The lowest BCUT2D eigenvalue weighted by Crippen LogP contribution is -2.49. The highest BCUT2D eigenvalue weighted by Gasteiger charge is 2.17. The molecule has 9 nitrogen and oxygen atoms in total. The lowest BCUT2D eigenvalue weighted by molar-refractivity contribution is -0.145. The number of carbonyl (C=O) groups is 3. The number of rotatable bonds is 7. The molecule has 0 aliphatic carbocycles. The fourth-order valence-corrected chi connectivity index (χ4v) is 4.49. The molecule has 11 heteroatoms. The summed E-state index contributed by atoms with van der Waals surface area (Å²) in [4.78, 5) is 55.7. The van der Waals surface area contributed by atoms with Gasteiger partial charge >= 0.3 is 12.0 Å². The summed E-state index contributed by atoms with van der Waals surface area (Å²) < 4.78 is 4.88. The highest BCUT2D eigenvalue weighted by Crippen LogP contribution is 2.30. The van der Waals surface area contributed by atoms with Crippen molar-refractivity contribution in [2.75, 3.05) is 12.4 Å². The minimum Gasteiger partial charge on any atom is -0.455 e. The van der Waals surface area contributed by atoms with Crippen LogP contribution in [0.1, 0.15) is 26.6 Å². The van der Waals surface area contributed by atoms with Crippen LogP contribution in [0.2, 0.25) is 0 Å². The molecule has 0 bridgehead atoms. The summed E-state index contributed by atoms with van der Waals surface area (Å²) >= 11 is 2.58. The first-order valence-electron chi connectivity index (χ1n) is 10.0. The Morgan fingerprint density at radius 2 is 1.91 bits per heavy atom. The Balaban J connectivity index is 1.49. The van der Waals surface area contributed by atoms with Crippen molar-refractivity contribution in [3.8, 4) is 11.1 Å². The van der Waals surface area contributed by atoms with Crippen molar-refractivity contribution in [2.45, 2.75) is 32.1 Å². The van der Waals surface area contributed by atoms with E-state index in [9.17, 15) is 19.2 Å². The van der Waals surface area contributed by atoms with Gasteiger partial charge in [-0.15, -0.1) is 23.1 Å². The number of H-pyrrole nitrogens is 1. The Hall–Kier alpha value is -3.18. The first-order chi connectivity index (χ1) is 15.6. The van der Waals surface area contributed by atoms with E-state index in [2.05, 4.69) is 20.6 Å². The molecule has 3 aromatic rings. The molecule has 2 heterocycles. The number of urea groups is 1. The minimum absolute atomic E-state index is 0.0388. The largest absolute Gasteiger partial charge is 0.455 e. The summed E-state index contributed by atoms with van der Waals surface area (Å²) in [5.41, 5.74) is 1.05. The zero-order valence-electron chi connectivity index (χ0n) is 18.4. The van der Waals surface area contributed by atoms with Gasteiger partial charge in [0, 0.05) is 16.5 Å². The molecule has 0 unspecified atom stereocenters. The molecule has 0 saturated carbocycles. The van der Waals surface area contributed by atoms with E-state index in [4.69, 9.17) is 4.74 Å². The summed E-state index contributed by atoms with van der Waals surface area (Å²) in [6.07, 6.45) is 0. The standard InChI is InChI=1S/C22H24N4O5S2/c1-22(2,3)26-21(30)25-16(27)9-31-17(28)12-32-11-15-23-19(29)18-14(10-33-20(18)24-15)13-7-5-4-6-8-13/h4-8,10H,9,11-12H2,1-3H3,(H,23,24,29)(H2,25,26,27,30). The second-order valence-electron chi connectivity index (χ2n) is 8.11. The Bertz CT molecular complexity index is 1210. The minimum atomic E-state index is -0.724. The molecule has 2 aromatic heterocycles. The molecule has 0 aliphatic rings.